The molecule has 1 fully saturated rings. The van der Waals surface area contributed by atoms with E-state index in [1.165, 1.54) is 0 Å². The van der Waals surface area contributed by atoms with Gasteiger partial charge in [0.05, 0.1) is 0 Å². The van der Waals surface area contributed by atoms with Gasteiger partial charge in [-0.2, -0.15) is 18.2 Å². The number of piperidine rings is 1. The highest BCUT2D eigenvalue weighted by Crippen LogP contribution is 2.27. The van der Waals surface area contributed by atoms with Gasteiger partial charge < -0.3 is 5.32 Å². The van der Waals surface area contributed by atoms with E-state index in [2.05, 4.69) is 20.4 Å². The molecule has 0 saturated carbocycles. The minimum absolute atomic E-state index is 0.0279. The number of hydrogen-bond donors (Lipinski definition) is 1. The fraction of sp³-hybridized carbons (Fsp3) is 0.545. The number of nitrogens with one attached hydrogen (secondary N) is 1. The van der Waals surface area contributed by atoms with E-state index in [0.29, 0.717) is 0 Å². The molecule has 102 valence electrons. The van der Waals surface area contributed by atoms with E-state index in [1.54, 1.807) is 12.4 Å². The van der Waals surface area contributed by atoms with Gasteiger partial charge in [-0.15, -0.1) is 5.10 Å². The molecule has 0 aliphatic carbocycles. The van der Waals surface area contributed by atoms with Crippen LogP contribution in [0.2, 0.25) is 0 Å². The third kappa shape index (κ3) is 2.40. The summed E-state index contributed by atoms with van der Waals surface area (Å²) in [6.07, 6.45) is 0.680. The van der Waals surface area contributed by atoms with Gasteiger partial charge in [-0.1, -0.05) is 0 Å². The Morgan fingerprint density at radius 2 is 2.21 bits per heavy atom. The maximum Gasteiger partial charge on any atom is 0.453 e. The van der Waals surface area contributed by atoms with E-state index < -0.39 is 12.0 Å². The standard InChI is InChI=1S/C11H12F3N5/c12-11(13,14)9-17-10-16-5-8(6-19(10)18-9)7-2-1-3-15-4-7/h5-7,15H,1-4H2. The van der Waals surface area contributed by atoms with Crippen molar-refractivity contribution in [2.45, 2.75) is 24.9 Å². The molecule has 3 heterocycles. The number of fused-ring (bicyclic) bond motifs is 1. The number of alkyl halides is 3. The quantitative estimate of drug-likeness (QED) is 0.856. The number of aromatic nitrogens is 4. The van der Waals surface area contributed by atoms with Crippen LogP contribution in [-0.2, 0) is 6.18 Å². The predicted molar refractivity (Wildman–Crippen MR) is 60.6 cm³/mol. The molecule has 0 aromatic carbocycles. The Kier molecular flexibility index (Phi) is 2.89. The normalized spacial score (nSPS) is 20.9. The third-order valence-electron chi connectivity index (χ3n) is 3.24. The van der Waals surface area contributed by atoms with Crippen molar-refractivity contribution in [2.24, 2.45) is 0 Å². The fourth-order valence-electron chi connectivity index (χ4n) is 2.26. The van der Waals surface area contributed by atoms with E-state index in [9.17, 15) is 13.2 Å². The first-order valence-corrected chi connectivity index (χ1v) is 6.04. The first-order chi connectivity index (χ1) is 9.04. The monoisotopic (exact) mass is 271 g/mol. The SMILES string of the molecule is FC(F)(F)c1nc2ncc(C3CCCNC3)cn2n1. The van der Waals surface area contributed by atoms with Crippen LogP contribution in [0.15, 0.2) is 12.4 Å². The summed E-state index contributed by atoms with van der Waals surface area (Å²) in [4.78, 5) is 7.32. The Hall–Kier alpha value is -1.70. The van der Waals surface area contributed by atoms with Gasteiger partial charge in [-0.05, 0) is 30.9 Å². The van der Waals surface area contributed by atoms with Crippen LogP contribution in [0.5, 0.6) is 0 Å². The molecule has 5 nitrogen and oxygen atoms in total. The molecule has 1 aliphatic rings. The second-order valence-corrected chi connectivity index (χ2v) is 4.61. The number of halogens is 3. The zero-order valence-corrected chi connectivity index (χ0v) is 9.98. The first-order valence-electron chi connectivity index (χ1n) is 6.04. The maximum atomic E-state index is 12.5. The lowest BCUT2D eigenvalue weighted by Crippen LogP contribution is -2.28. The molecule has 1 saturated heterocycles. The summed E-state index contributed by atoms with van der Waals surface area (Å²) in [6, 6.07) is 0. The highest BCUT2D eigenvalue weighted by molar-refractivity contribution is 5.29. The van der Waals surface area contributed by atoms with Gasteiger partial charge in [0.1, 0.15) is 0 Å². The molecule has 2 aromatic heterocycles. The third-order valence-corrected chi connectivity index (χ3v) is 3.24. The van der Waals surface area contributed by atoms with Gasteiger partial charge in [0.2, 0.25) is 0 Å². The minimum Gasteiger partial charge on any atom is -0.316 e. The lowest BCUT2D eigenvalue weighted by Gasteiger charge is -2.22. The van der Waals surface area contributed by atoms with E-state index >= 15 is 0 Å². The summed E-state index contributed by atoms with van der Waals surface area (Å²) >= 11 is 0. The molecule has 3 rings (SSSR count). The number of rotatable bonds is 1. The average molecular weight is 271 g/mol. The zero-order valence-electron chi connectivity index (χ0n) is 9.98. The van der Waals surface area contributed by atoms with Crippen LogP contribution >= 0.6 is 0 Å². The number of nitrogens with zero attached hydrogens (tertiary/aromatic N) is 4. The van der Waals surface area contributed by atoms with Crippen molar-refractivity contribution >= 4 is 5.78 Å². The molecule has 1 N–H and O–H groups in total. The lowest BCUT2D eigenvalue weighted by atomic mass is 9.94. The largest absolute Gasteiger partial charge is 0.453 e. The minimum atomic E-state index is -4.54. The second kappa shape index (κ2) is 4.44. The van der Waals surface area contributed by atoms with Gasteiger partial charge in [0.25, 0.3) is 11.6 Å². The summed E-state index contributed by atoms with van der Waals surface area (Å²) in [5.74, 6) is -0.914. The number of hydrogen-bond acceptors (Lipinski definition) is 4. The van der Waals surface area contributed by atoms with Crippen molar-refractivity contribution in [3.8, 4) is 0 Å². The second-order valence-electron chi connectivity index (χ2n) is 4.61. The summed E-state index contributed by atoms with van der Waals surface area (Å²) < 4.78 is 38.6. The summed E-state index contributed by atoms with van der Waals surface area (Å²) in [6.45, 7) is 1.79. The van der Waals surface area contributed by atoms with Crippen molar-refractivity contribution in [2.75, 3.05) is 13.1 Å². The summed E-state index contributed by atoms with van der Waals surface area (Å²) in [7, 11) is 0. The average Bonchev–Trinajstić information content (AvgIpc) is 2.82. The highest BCUT2D eigenvalue weighted by Gasteiger charge is 2.36. The van der Waals surface area contributed by atoms with Crippen molar-refractivity contribution < 1.29 is 13.2 Å². The van der Waals surface area contributed by atoms with Crippen LogP contribution in [0.4, 0.5) is 13.2 Å². The van der Waals surface area contributed by atoms with Gasteiger partial charge >= 0.3 is 6.18 Å². The molecule has 2 aromatic rings. The van der Waals surface area contributed by atoms with Crippen LogP contribution < -0.4 is 5.32 Å². The van der Waals surface area contributed by atoms with E-state index in [1.807, 2.05) is 0 Å². The van der Waals surface area contributed by atoms with Crippen LogP contribution in [0, 0.1) is 0 Å². The van der Waals surface area contributed by atoms with Gasteiger partial charge in [-0.3, -0.25) is 0 Å². The molecular weight excluding hydrogens is 259 g/mol. The molecule has 1 atom stereocenters. The Labute approximate surface area is 106 Å². The zero-order chi connectivity index (χ0) is 13.5. The topological polar surface area (TPSA) is 55.1 Å². The molecule has 0 bridgehead atoms. The molecule has 8 heteroatoms. The van der Waals surface area contributed by atoms with E-state index in [-0.39, 0.29) is 11.7 Å². The van der Waals surface area contributed by atoms with Gasteiger partial charge in [0, 0.05) is 18.9 Å². The van der Waals surface area contributed by atoms with Crippen LogP contribution in [0.25, 0.3) is 5.78 Å². The van der Waals surface area contributed by atoms with Crippen LogP contribution in [0.3, 0.4) is 0 Å². The lowest BCUT2D eigenvalue weighted by molar-refractivity contribution is -0.144. The fourth-order valence-corrected chi connectivity index (χ4v) is 2.26. The maximum absolute atomic E-state index is 12.5. The van der Waals surface area contributed by atoms with E-state index in [0.717, 1.165) is 36.0 Å². The molecule has 0 radical (unpaired) electrons. The predicted octanol–water partition coefficient (Wildman–Crippen LogP) is 1.61. The molecule has 1 unspecified atom stereocenters. The van der Waals surface area contributed by atoms with E-state index in [4.69, 9.17) is 0 Å². The van der Waals surface area contributed by atoms with Crippen molar-refractivity contribution in [3.05, 3.63) is 23.8 Å². The highest BCUT2D eigenvalue weighted by atomic mass is 19.4. The Morgan fingerprint density at radius 1 is 1.37 bits per heavy atom. The molecule has 0 amide bonds. The summed E-state index contributed by atoms with van der Waals surface area (Å²) in [5.41, 5.74) is 0.887. The van der Waals surface area contributed by atoms with Crippen LogP contribution in [0.1, 0.15) is 30.1 Å². The van der Waals surface area contributed by atoms with Crippen LogP contribution in [-0.4, -0.2) is 32.7 Å². The molecule has 19 heavy (non-hydrogen) atoms. The van der Waals surface area contributed by atoms with Crippen molar-refractivity contribution in [3.63, 3.8) is 0 Å². The van der Waals surface area contributed by atoms with Gasteiger partial charge in [-0.25, -0.2) is 9.50 Å². The first kappa shape index (κ1) is 12.3. The Balaban J connectivity index is 1.96. The van der Waals surface area contributed by atoms with Gasteiger partial charge in [0.15, 0.2) is 0 Å². The Morgan fingerprint density at radius 3 is 2.89 bits per heavy atom. The van der Waals surface area contributed by atoms with Crippen molar-refractivity contribution in [1.82, 2.24) is 24.9 Å². The molecular formula is C11H12F3N5. The summed E-state index contributed by atoms with van der Waals surface area (Å²) in [5, 5.41) is 6.69. The molecule has 1 aliphatic heterocycles. The smallest absolute Gasteiger partial charge is 0.316 e. The Bertz CT molecular complexity index is 586. The molecule has 0 spiro atoms. The van der Waals surface area contributed by atoms with Crippen molar-refractivity contribution in [1.29, 1.82) is 0 Å².